The van der Waals surface area contributed by atoms with Crippen molar-refractivity contribution in [2.24, 2.45) is 0 Å². The van der Waals surface area contributed by atoms with Crippen LogP contribution in [0.2, 0.25) is 0 Å². The molecule has 0 saturated heterocycles. The Kier molecular flexibility index (Phi) is 2.85. The Bertz CT molecular complexity index is 680. The van der Waals surface area contributed by atoms with Crippen LogP contribution in [0, 0.1) is 0 Å². The van der Waals surface area contributed by atoms with Crippen LogP contribution in [0.25, 0.3) is 23.0 Å². The first-order chi connectivity index (χ1) is 8.74. The highest BCUT2D eigenvalue weighted by Crippen LogP contribution is 2.30. The minimum absolute atomic E-state index is 0.414. The van der Waals surface area contributed by atoms with Crippen LogP contribution in [-0.2, 0) is 0 Å². The van der Waals surface area contributed by atoms with Crippen molar-refractivity contribution < 1.29 is 4.52 Å². The molecular formula is C11H7BrN4OS. The second-order valence-corrected chi connectivity index (χ2v) is 5.11. The summed E-state index contributed by atoms with van der Waals surface area (Å²) in [4.78, 5) is 8.44. The van der Waals surface area contributed by atoms with Crippen molar-refractivity contribution in [1.82, 2.24) is 15.1 Å². The molecule has 0 bridgehead atoms. The number of nitrogen functional groups attached to an aromatic ring is 1. The summed E-state index contributed by atoms with van der Waals surface area (Å²) < 4.78 is 6.08. The van der Waals surface area contributed by atoms with E-state index in [0.717, 1.165) is 10.0 Å². The summed E-state index contributed by atoms with van der Waals surface area (Å²) in [6.45, 7) is 0. The summed E-state index contributed by atoms with van der Waals surface area (Å²) in [6.07, 6.45) is 0. The van der Waals surface area contributed by atoms with E-state index in [-0.39, 0.29) is 0 Å². The van der Waals surface area contributed by atoms with Gasteiger partial charge in [-0.15, -0.1) is 11.3 Å². The molecule has 5 nitrogen and oxygen atoms in total. The van der Waals surface area contributed by atoms with Gasteiger partial charge in [-0.1, -0.05) is 5.16 Å². The molecule has 3 aromatic rings. The molecule has 18 heavy (non-hydrogen) atoms. The standard InChI is InChI=1S/C11H7BrN4OS/c12-8-2-1-6(13)3-7(8)11-15-10(16-17-11)9-4-18-5-14-9/h1-5H,13H2. The molecular weight excluding hydrogens is 316 g/mol. The fourth-order valence-electron chi connectivity index (χ4n) is 1.47. The molecule has 0 radical (unpaired) electrons. The first kappa shape index (κ1) is 11.4. The van der Waals surface area contributed by atoms with Crippen molar-refractivity contribution in [2.45, 2.75) is 0 Å². The number of aromatic nitrogens is 3. The number of hydrogen-bond acceptors (Lipinski definition) is 6. The number of rotatable bonds is 2. The normalized spacial score (nSPS) is 10.7. The Morgan fingerprint density at radius 3 is 3.00 bits per heavy atom. The molecule has 90 valence electrons. The molecule has 0 atom stereocenters. The first-order valence-corrected chi connectivity index (χ1v) is 6.75. The average molecular weight is 323 g/mol. The van der Waals surface area contributed by atoms with E-state index in [2.05, 4.69) is 31.1 Å². The second-order valence-electron chi connectivity index (χ2n) is 3.54. The van der Waals surface area contributed by atoms with Gasteiger partial charge in [0, 0.05) is 15.5 Å². The maximum absolute atomic E-state index is 5.74. The molecule has 2 aromatic heterocycles. The summed E-state index contributed by atoms with van der Waals surface area (Å²) in [5.74, 6) is 0.887. The van der Waals surface area contributed by atoms with Crippen LogP contribution in [0.3, 0.4) is 0 Å². The van der Waals surface area contributed by atoms with Gasteiger partial charge in [0.25, 0.3) is 5.89 Å². The van der Waals surface area contributed by atoms with Crippen molar-refractivity contribution in [3.05, 3.63) is 33.6 Å². The molecule has 0 spiro atoms. The number of nitrogens with zero attached hydrogens (tertiary/aromatic N) is 3. The van der Waals surface area contributed by atoms with Gasteiger partial charge in [0.1, 0.15) is 5.69 Å². The number of thiazole rings is 1. The summed E-state index contributed by atoms with van der Waals surface area (Å²) >= 11 is 4.91. The lowest BCUT2D eigenvalue weighted by atomic mass is 10.2. The molecule has 3 rings (SSSR count). The third-order valence-corrected chi connectivity index (χ3v) is 3.59. The van der Waals surface area contributed by atoms with E-state index >= 15 is 0 Å². The minimum atomic E-state index is 0.414. The molecule has 0 amide bonds. The van der Waals surface area contributed by atoms with E-state index in [1.165, 1.54) is 11.3 Å². The van der Waals surface area contributed by atoms with Gasteiger partial charge >= 0.3 is 0 Å². The highest BCUT2D eigenvalue weighted by molar-refractivity contribution is 9.10. The van der Waals surface area contributed by atoms with Gasteiger partial charge in [0.05, 0.1) is 11.1 Å². The van der Waals surface area contributed by atoms with Gasteiger partial charge in [-0.2, -0.15) is 4.98 Å². The van der Waals surface area contributed by atoms with Crippen molar-refractivity contribution in [1.29, 1.82) is 0 Å². The Balaban J connectivity index is 2.05. The van der Waals surface area contributed by atoms with E-state index in [9.17, 15) is 0 Å². The zero-order chi connectivity index (χ0) is 12.5. The number of nitrogens with two attached hydrogens (primary N) is 1. The van der Waals surface area contributed by atoms with Crippen molar-refractivity contribution >= 4 is 33.0 Å². The highest BCUT2D eigenvalue weighted by Gasteiger charge is 2.14. The summed E-state index contributed by atoms with van der Waals surface area (Å²) in [7, 11) is 0. The van der Waals surface area contributed by atoms with E-state index in [1.807, 2.05) is 11.4 Å². The molecule has 2 heterocycles. The van der Waals surface area contributed by atoms with Crippen LogP contribution in [0.15, 0.2) is 38.1 Å². The number of halogens is 1. The Morgan fingerprint density at radius 2 is 2.22 bits per heavy atom. The fraction of sp³-hybridized carbons (Fsp3) is 0. The average Bonchev–Trinajstić information content (AvgIpc) is 3.00. The van der Waals surface area contributed by atoms with Crippen LogP contribution in [0.5, 0.6) is 0 Å². The van der Waals surface area contributed by atoms with E-state index < -0.39 is 0 Å². The van der Waals surface area contributed by atoms with Gasteiger partial charge in [-0.05, 0) is 34.1 Å². The first-order valence-electron chi connectivity index (χ1n) is 5.02. The van der Waals surface area contributed by atoms with Crippen LogP contribution in [-0.4, -0.2) is 15.1 Å². The summed E-state index contributed by atoms with van der Waals surface area (Å²) in [6, 6.07) is 5.42. The molecule has 0 aliphatic rings. The molecule has 0 aliphatic carbocycles. The van der Waals surface area contributed by atoms with E-state index in [4.69, 9.17) is 10.3 Å². The Hall–Kier alpha value is -1.73. The number of hydrogen-bond donors (Lipinski definition) is 1. The number of benzene rings is 1. The van der Waals surface area contributed by atoms with Crippen molar-refractivity contribution in [3.8, 4) is 23.0 Å². The maximum Gasteiger partial charge on any atom is 0.259 e. The Morgan fingerprint density at radius 1 is 1.33 bits per heavy atom. The summed E-state index contributed by atoms with van der Waals surface area (Å²) in [5, 5.41) is 5.77. The molecule has 1 aromatic carbocycles. The summed E-state index contributed by atoms with van der Waals surface area (Å²) in [5.41, 5.74) is 9.58. The quantitative estimate of drug-likeness (QED) is 0.733. The topological polar surface area (TPSA) is 77.8 Å². The molecule has 0 fully saturated rings. The van der Waals surface area contributed by atoms with Gasteiger partial charge < -0.3 is 10.3 Å². The third kappa shape index (κ3) is 2.02. The fourth-order valence-corrected chi connectivity index (χ4v) is 2.41. The molecule has 0 unspecified atom stereocenters. The van der Waals surface area contributed by atoms with Crippen molar-refractivity contribution in [3.63, 3.8) is 0 Å². The van der Waals surface area contributed by atoms with Crippen molar-refractivity contribution in [2.75, 3.05) is 5.73 Å². The highest BCUT2D eigenvalue weighted by atomic mass is 79.9. The maximum atomic E-state index is 5.74. The monoisotopic (exact) mass is 322 g/mol. The lowest BCUT2D eigenvalue weighted by molar-refractivity contribution is 0.432. The smallest absolute Gasteiger partial charge is 0.259 e. The van der Waals surface area contributed by atoms with E-state index in [0.29, 0.717) is 23.1 Å². The molecule has 2 N–H and O–H groups in total. The van der Waals surface area contributed by atoms with Crippen LogP contribution >= 0.6 is 27.3 Å². The van der Waals surface area contributed by atoms with Gasteiger partial charge in [-0.25, -0.2) is 4.98 Å². The second kappa shape index (κ2) is 4.51. The van der Waals surface area contributed by atoms with Gasteiger partial charge in [-0.3, -0.25) is 0 Å². The predicted molar refractivity (Wildman–Crippen MR) is 73.0 cm³/mol. The lowest BCUT2D eigenvalue weighted by Crippen LogP contribution is -1.87. The minimum Gasteiger partial charge on any atom is -0.399 e. The zero-order valence-corrected chi connectivity index (χ0v) is 11.4. The van der Waals surface area contributed by atoms with Gasteiger partial charge in [0.15, 0.2) is 0 Å². The molecule has 0 saturated carbocycles. The lowest BCUT2D eigenvalue weighted by Gasteiger charge is -1.99. The number of anilines is 1. The largest absolute Gasteiger partial charge is 0.399 e. The Labute approximate surface area is 115 Å². The molecule has 0 aliphatic heterocycles. The van der Waals surface area contributed by atoms with E-state index in [1.54, 1.807) is 17.6 Å². The SMILES string of the molecule is Nc1ccc(Br)c(-c2nc(-c3cscn3)no2)c1. The van der Waals surface area contributed by atoms with Crippen LogP contribution in [0.4, 0.5) is 5.69 Å². The van der Waals surface area contributed by atoms with Crippen LogP contribution < -0.4 is 5.73 Å². The zero-order valence-electron chi connectivity index (χ0n) is 9.00. The predicted octanol–water partition coefficient (Wildman–Crippen LogP) is 3.20. The van der Waals surface area contributed by atoms with Crippen LogP contribution in [0.1, 0.15) is 0 Å². The molecule has 7 heteroatoms. The van der Waals surface area contributed by atoms with Gasteiger partial charge in [0.2, 0.25) is 5.82 Å². The third-order valence-electron chi connectivity index (χ3n) is 2.31.